The van der Waals surface area contributed by atoms with Gasteiger partial charge in [-0.3, -0.25) is 0 Å². The van der Waals surface area contributed by atoms with Crippen molar-refractivity contribution >= 4 is 5.69 Å². The Morgan fingerprint density at radius 2 is 1.70 bits per heavy atom. The minimum Gasteiger partial charge on any atom is -0.378 e. The molecule has 0 spiro atoms. The van der Waals surface area contributed by atoms with Gasteiger partial charge in [0.15, 0.2) is 0 Å². The number of hydrogen-bond donors (Lipinski definition) is 1. The molecule has 1 aliphatic rings. The lowest BCUT2D eigenvalue weighted by molar-refractivity contribution is 0.122. The van der Waals surface area contributed by atoms with Crippen molar-refractivity contribution in [3.05, 3.63) is 65.2 Å². The molecular weight excluding hydrogens is 286 g/mol. The first-order chi connectivity index (χ1) is 11.3. The topological polar surface area (TPSA) is 48.3 Å². The number of benzene rings is 2. The molecule has 0 bridgehead atoms. The molecule has 0 radical (unpaired) electrons. The number of anilines is 1. The van der Waals surface area contributed by atoms with E-state index in [4.69, 9.17) is 10.00 Å². The largest absolute Gasteiger partial charge is 0.378 e. The molecule has 1 heterocycles. The lowest BCUT2D eigenvalue weighted by atomic mass is 10.1. The lowest BCUT2D eigenvalue weighted by Crippen LogP contribution is -2.36. The number of nitrogens with one attached hydrogen (secondary N) is 1. The highest BCUT2D eigenvalue weighted by molar-refractivity contribution is 5.49. The van der Waals surface area contributed by atoms with E-state index in [0.29, 0.717) is 5.56 Å². The first kappa shape index (κ1) is 15.5. The van der Waals surface area contributed by atoms with Gasteiger partial charge in [-0.15, -0.1) is 0 Å². The minimum absolute atomic E-state index is 0.707. The Balaban J connectivity index is 1.56. The van der Waals surface area contributed by atoms with Gasteiger partial charge >= 0.3 is 0 Å². The quantitative estimate of drug-likeness (QED) is 0.922. The Morgan fingerprint density at radius 3 is 2.43 bits per heavy atom. The van der Waals surface area contributed by atoms with Crippen molar-refractivity contribution in [2.45, 2.75) is 13.1 Å². The van der Waals surface area contributed by atoms with Gasteiger partial charge < -0.3 is 15.0 Å². The van der Waals surface area contributed by atoms with E-state index in [0.717, 1.165) is 45.0 Å². The fourth-order valence-corrected chi connectivity index (χ4v) is 2.79. The minimum atomic E-state index is 0.707. The van der Waals surface area contributed by atoms with E-state index in [1.165, 1.54) is 11.3 Å². The summed E-state index contributed by atoms with van der Waals surface area (Å²) in [7, 11) is 0. The molecule has 2 aromatic carbocycles. The van der Waals surface area contributed by atoms with Crippen LogP contribution in [0.5, 0.6) is 0 Å². The lowest BCUT2D eigenvalue weighted by Gasteiger charge is -2.29. The SMILES string of the molecule is N#Cc1cccc(CNCc2cccc(N3CCOCC3)c2)c1. The number of nitrogens with zero attached hydrogens (tertiary/aromatic N) is 2. The van der Waals surface area contributed by atoms with Crippen LogP contribution in [0.15, 0.2) is 48.5 Å². The Bertz CT molecular complexity index is 687. The third-order valence-electron chi connectivity index (χ3n) is 4.00. The van der Waals surface area contributed by atoms with Gasteiger partial charge in [-0.25, -0.2) is 0 Å². The smallest absolute Gasteiger partial charge is 0.0991 e. The summed E-state index contributed by atoms with van der Waals surface area (Å²) in [6, 6.07) is 18.5. The number of nitriles is 1. The van der Waals surface area contributed by atoms with E-state index in [9.17, 15) is 0 Å². The summed E-state index contributed by atoms with van der Waals surface area (Å²) < 4.78 is 5.41. The third-order valence-corrected chi connectivity index (χ3v) is 4.00. The van der Waals surface area contributed by atoms with Gasteiger partial charge in [0.25, 0.3) is 0 Å². The molecule has 0 unspecified atom stereocenters. The van der Waals surface area contributed by atoms with E-state index in [1.54, 1.807) is 0 Å². The summed E-state index contributed by atoms with van der Waals surface area (Å²) in [6.45, 7) is 5.09. The van der Waals surface area contributed by atoms with E-state index in [-0.39, 0.29) is 0 Å². The molecule has 1 aliphatic heterocycles. The summed E-state index contributed by atoms with van der Waals surface area (Å²) in [4.78, 5) is 2.36. The van der Waals surface area contributed by atoms with Gasteiger partial charge in [0.05, 0.1) is 24.8 Å². The normalized spacial score (nSPS) is 14.5. The molecule has 0 aromatic heterocycles. The summed E-state index contributed by atoms with van der Waals surface area (Å²) in [5.41, 5.74) is 4.37. The second-order valence-electron chi connectivity index (χ2n) is 5.69. The van der Waals surface area contributed by atoms with Gasteiger partial charge in [0.1, 0.15) is 0 Å². The average Bonchev–Trinajstić information content (AvgIpc) is 2.63. The van der Waals surface area contributed by atoms with Crippen LogP contribution in [-0.2, 0) is 17.8 Å². The van der Waals surface area contributed by atoms with E-state index < -0.39 is 0 Å². The fraction of sp³-hybridized carbons (Fsp3) is 0.316. The van der Waals surface area contributed by atoms with Crippen molar-refractivity contribution < 1.29 is 4.74 Å². The summed E-state index contributed by atoms with van der Waals surface area (Å²) in [5, 5.41) is 12.4. The van der Waals surface area contributed by atoms with Crippen molar-refractivity contribution in [1.29, 1.82) is 5.26 Å². The molecule has 1 saturated heterocycles. The summed E-state index contributed by atoms with van der Waals surface area (Å²) >= 11 is 0. The zero-order chi connectivity index (χ0) is 15.9. The van der Waals surface area contributed by atoms with Crippen molar-refractivity contribution in [2.75, 3.05) is 31.2 Å². The van der Waals surface area contributed by atoms with Crippen LogP contribution in [0.3, 0.4) is 0 Å². The van der Waals surface area contributed by atoms with Crippen molar-refractivity contribution in [3.63, 3.8) is 0 Å². The first-order valence-electron chi connectivity index (χ1n) is 7.96. The molecule has 3 rings (SSSR count). The van der Waals surface area contributed by atoms with Crippen molar-refractivity contribution in [3.8, 4) is 6.07 Å². The average molecular weight is 307 g/mol. The van der Waals surface area contributed by atoms with E-state index in [1.807, 2.05) is 24.3 Å². The Kier molecular flexibility index (Phi) is 5.25. The van der Waals surface area contributed by atoms with Crippen LogP contribution in [0, 0.1) is 11.3 Å². The highest BCUT2D eigenvalue weighted by Gasteiger charge is 2.11. The molecule has 1 fully saturated rings. The predicted octanol–water partition coefficient (Wildman–Crippen LogP) is 2.68. The molecule has 1 N–H and O–H groups in total. The molecule has 0 atom stereocenters. The Morgan fingerprint density at radius 1 is 1.00 bits per heavy atom. The maximum atomic E-state index is 8.94. The monoisotopic (exact) mass is 307 g/mol. The van der Waals surface area contributed by atoms with Crippen LogP contribution >= 0.6 is 0 Å². The molecule has 0 amide bonds. The molecule has 118 valence electrons. The van der Waals surface area contributed by atoms with Crippen LogP contribution < -0.4 is 10.2 Å². The van der Waals surface area contributed by atoms with Gasteiger partial charge in [0.2, 0.25) is 0 Å². The molecule has 23 heavy (non-hydrogen) atoms. The van der Waals surface area contributed by atoms with Crippen LogP contribution in [0.4, 0.5) is 5.69 Å². The zero-order valence-electron chi connectivity index (χ0n) is 13.2. The van der Waals surface area contributed by atoms with Crippen LogP contribution in [0.1, 0.15) is 16.7 Å². The highest BCUT2D eigenvalue weighted by atomic mass is 16.5. The molecule has 4 nitrogen and oxygen atoms in total. The maximum absolute atomic E-state index is 8.94. The van der Waals surface area contributed by atoms with Crippen LogP contribution in [0.25, 0.3) is 0 Å². The maximum Gasteiger partial charge on any atom is 0.0991 e. The van der Waals surface area contributed by atoms with Gasteiger partial charge in [-0.2, -0.15) is 5.26 Å². The Labute approximate surface area is 137 Å². The van der Waals surface area contributed by atoms with E-state index >= 15 is 0 Å². The van der Waals surface area contributed by atoms with E-state index in [2.05, 4.69) is 40.6 Å². The molecular formula is C19H21N3O. The number of morpholine rings is 1. The number of hydrogen-bond acceptors (Lipinski definition) is 4. The van der Waals surface area contributed by atoms with Crippen LogP contribution in [-0.4, -0.2) is 26.3 Å². The highest BCUT2D eigenvalue weighted by Crippen LogP contribution is 2.17. The predicted molar refractivity (Wildman–Crippen MR) is 91.2 cm³/mol. The number of ether oxygens (including phenoxy) is 1. The first-order valence-corrected chi connectivity index (χ1v) is 7.96. The standard InChI is InChI=1S/C19H21N3O/c20-13-16-3-1-4-17(11-16)14-21-15-18-5-2-6-19(12-18)22-7-9-23-10-8-22/h1-6,11-12,21H,7-10,14-15H2. The second-order valence-corrected chi connectivity index (χ2v) is 5.69. The molecule has 4 heteroatoms. The Hall–Kier alpha value is -2.35. The summed E-state index contributed by atoms with van der Waals surface area (Å²) in [5.74, 6) is 0. The van der Waals surface area contributed by atoms with Gasteiger partial charge in [0, 0.05) is 31.9 Å². The van der Waals surface area contributed by atoms with Crippen molar-refractivity contribution in [2.24, 2.45) is 0 Å². The van der Waals surface area contributed by atoms with Gasteiger partial charge in [-0.1, -0.05) is 24.3 Å². The second kappa shape index (κ2) is 7.77. The van der Waals surface area contributed by atoms with Crippen molar-refractivity contribution in [1.82, 2.24) is 5.32 Å². The number of rotatable bonds is 5. The zero-order valence-corrected chi connectivity index (χ0v) is 13.2. The van der Waals surface area contributed by atoms with Gasteiger partial charge in [-0.05, 0) is 35.4 Å². The fourth-order valence-electron chi connectivity index (χ4n) is 2.79. The summed E-state index contributed by atoms with van der Waals surface area (Å²) in [6.07, 6.45) is 0. The van der Waals surface area contributed by atoms with Crippen LogP contribution in [0.2, 0.25) is 0 Å². The molecule has 0 saturated carbocycles. The molecule has 2 aromatic rings. The third kappa shape index (κ3) is 4.32. The molecule has 0 aliphatic carbocycles.